The van der Waals surface area contributed by atoms with E-state index in [0.29, 0.717) is 23.5 Å². The van der Waals surface area contributed by atoms with Crippen molar-refractivity contribution >= 4 is 40.5 Å². The molecule has 1 heterocycles. The van der Waals surface area contributed by atoms with Crippen LogP contribution in [0, 0.1) is 0 Å². The molecule has 3 rings (SSSR count). The molecule has 0 saturated carbocycles. The van der Waals surface area contributed by atoms with Gasteiger partial charge in [-0.2, -0.15) is 0 Å². The van der Waals surface area contributed by atoms with E-state index in [4.69, 9.17) is 14.2 Å². The van der Waals surface area contributed by atoms with E-state index in [1.807, 2.05) is 18.1 Å². The average Bonchev–Trinajstić information content (AvgIpc) is 3.11. The molecule has 0 aliphatic carbocycles. The van der Waals surface area contributed by atoms with Gasteiger partial charge >= 0.3 is 6.09 Å². The van der Waals surface area contributed by atoms with Gasteiger partial charge < -0.3 is 14.2 Å². The largest absolute Gasteiger partial charge is 0.457 e. The molecule has 2 atom stereocenters. The predicted octanol–water partition coefficient (Wildman–Crippen LogP) is 4.09. The summed E-state index contributed by atoms with van der Waals surface area (Å²) in [4.78, 5) is 46.7. The van der Waals surface area contributed by atoms with Crippen LogP contribution in [0.4, 0.5) is 9.59 Å². The van der Waals surface area contributed by atoms with Crippen LogP contribution in [0.2, 0.25) is 0 Å². The molecule has 1 fully saturated rings. The molecule has 0 aromatic heterocycles. The lowest BCUT2D eigenvalue weighted by molar-refractivity contribution is -0.118. The molecule has 0 bridgehead atoms. The maximum atomic E-state index is 12.1. The van der Waals surface area contributed by atoms with Crippen LogP contribution >= 0.6 is 11.8 Å². The zero-order valence-corrected chi connectivity index (χ0v) is 20.6. The SMILES string of the molecule is COC(NC(=O)OC(C)(C)C)C(=C=O)c1ccc(Oc2ccc(CC3SC(=O)NC3=O)cc2)cc1. The fraction of sp³-hybridized carbons (Fsp3) is 0.320. The number of amides is 3. The number of ether oxygens (including phenoxy) is 3. The van der Waals surface area contributed by atoms with Crippen molar-refractivity contribution < 1.29 is 33.4 Å². The van der Waals surface area contributed by atoms with E-state index in [2.05, 4.69) is 10.6 Å². The topological polar surface area (TPSA) is 120 Å². The summed E-state index contributed by atoms with van der Waals surface area (Å²) in [6, 6.07) is 13.9. The molecule has 1 saturated heterocycles. The Kier molecular flexibility index (Phi) is 8.34. The lowest BCUT2D eigenvalue weighted by Crippen LogP contribution is -2.40. The van der Waals surface area contributed by atoms with Gasteiger partial charge in [0, 0.05) is 7.11 Å². The van der Waals surface area contributed by atoms with Crippen LogP contribution in [-0.4, -0.2) is 47.4 Å². The van der Waals surface area contributed by atoms with E-state index in [1.165, 1.54) is 7.11 Å². The summed E-state index contributed by atoms with van der Waals surface area (Å²) < 4.78 is 16.3. The van der Waals surface area contributed by atoms with Crippen molar-refractivity contribution in [1.29, 1.82) is 0 Å². The number of imide groups is 1. The predicted molar refractivity (Wildman–Crippen MR) is 131 cm³/mol. The van der Waals surface area contributed by atoms with Gasteiger partial charge in [0.05, 0.1) is 10.8 Å². The first-order chi connectivity index (χ1) is 16.6. The van der Waals surface area contributed by atoms with Gasteiger partial charge in [-0.25, -0.2) is 9.59 Å². The van der Waals surface area contributed by atoms with Gasteiger partial charge in [0.15, 0.2) is 6.23 Å². The van der Waals surface area contributed by atoms with Gasteiger partial charge in [-0.1, -0.05) is 36.0 Å². The lowest BCUT2D eigenvalue weighted by Gasteiger charge is -2.23. The highest BCUT2D eigenvalue weighted by Gasteiger charge is 2.31. The van der Waals surface area contributed by atoms with Crippen molar-refractivity contribution in [3.05, 3.63) is 59.7 Å². The first-order valence-corrected chi connectivity index (χ1v) is 11.6. The second-order valence-electron chi connectivity index (χ2n) is 8.64. The number of alkyl carbamates (subject to hydrolysis) is 1. The van der Waals surface area contributed by atoms with Gasteiger partial charge in [0.1, 0.15) is 23.0 Å². The maximum absolute atomic E-state index is 12.1. The second-order valence-corrected chi connectivity index (χ2v) is 9.81. The molecule has 2 aromatic rings. The number of carbonyl (C=O) groups excluding carboxylic acids is 4. The molecule has 10 heteroatoms. The highest BCUT2D eigenvalue weighted by Crippen LogP contribution is 2.27. The third-order valence-corrected chi connectivity index (χ3v) is 5.75. The zero-order chi connectivity index (χ0) is 25.6. The molecule has 0 spiro atoms. The van der Waals surface area contributed by atoms with Crippen molar-refractivity contribution in [3.63, 3.8) is 0 Å². The van der Waals surface area contributed by atoms with E-state index >= 15 is 0 Å². The second kappa shape index (κ2) is 11.2. The van der Waals surface area contributed by atoms with Crippen LogP contribution in [0.5, 0.6) is 11.5 Å². The van der Waals surface area contributed by atoms with Crippen molar-refractivity contribution in [2.75, 3.05) is 7.11 Å². The Morgan fingerprint density at radius 3 is 2.17 bits per heavy atom. The van der Waals surface area contributed by atoms with E-state index in [0.717, 1.165) is 17.3 Å². The summed E-state index contributed by atoms with van der Waals surface area (Å²) in [5.74, 6) is 2.65. The van der Waals surface area contributed by atoms with Crippen molar-refractivity contribution in [3.8, 4) is 11.5 Å². The monoisotopic (exact) mass is 498 g/mol. The molecule has 184 valence electrons. The number of hydrogen-bond acceptors (Lipinski definition) is 8. The third kappa shape index (κ3) is 7.45. The number of benzene rings is 2. The molecule has 2 N–H and O–H groups in total. The minimum Gasteiger partial charge on any atom is -0.457 e. The summed E-state index contributed by atoms with van der Waals surface area (Å²) in [6.45, 7) is 5.19. The zero-order valence-electron chi connectivity index (χ0n) is 19.7. The van der Waals surface area contributed by atoms with Gasteiger partial charge in [-0.05, 0) is 62.6 Å². The van der Waals surface area contributed by atoms with Crippen LogP contribution < -0.4 is 15.4 Å². The van der Waals surface area contributed by atoms with Crippen molar-refractivity contribution in [2.24, 2.45) is 0 Å². The number of thioether (sulfide) groups is 1. The first kappa shape index (κ1) is 26.0. The number of carbonyl (C=O) groups is 3. The number of hydrogen-bond donors (Lipinski definition) is 2. The van der Waals surface area contributed by atoms with Crippen LogP contribution in [0.15, 0.2) is 48.5 Å². The molecule has 9 nitrogen and oxygen atoms in total. The Morgan fingerprint density at radius 2 is 1.69 bits per heavy atom. The van der Waals surface area contributed by atoms with E-state index in [1.54, 1.807) is 57.2 Å². The van der Waals surface area contributed by atoms with Crippen molar-refractivity contribution in [2.45, 2.75) is 44.3 Å². The van der Waals surface area contributed by atoms with E-state index in [9.17, 15) is 19.2 Å². The number of rotatable bonds is 8. The van der Waals surface area contributed by atoms with Crippen LogP contribution in [0.1, 0.15) is 31.9 Å². The molecule has 1 aliphatic rings. The quantitative estimate of drug-likeness (QED) is 0.413. The standard InChI is InChI=1S/C25H26N2O7S/c1-25(2,3)34-23(30)27-22(32-4)19(14-28)16-7-11-18(12-8-16)33-17-9-5-15(6-10-17)13-20-21(29)26-24(31)35-20/h5-12,20,22H,13H2,1-4H3,(H,27,30)(H,26,29,31). The molecular formula is C25H26N2O7S. The Bertz CT molecular complexity index is 1130. The Hall–Kier alpha value is -3.59. The molecular weight excluding hydrogens is 472 g/mol. The number of nitrogens with one attached hydrogen (secondary N) is 2. The summed E-state index contributed by atoms with van der Waals surface area (Å²) >= 11 is 0.990. The molecule has 2 unspecified atom stereocenters. The summed E-state index contributed by atoms with van der Waals surface area (Å²) in [5.41, 5.74) is 0.793. The maximum Gasteiger partial charge on any atom is 0.409 e. The van der Waals surface area contributed by atoms with Crippen LogP contribution in [-0.2, 0) is 25.5 Å². The normalized spacial score (nSPS) is 16.2. The van der Waals surface area contributed by atoms with Gasteiger partial charge in [-0.3, -0.25) is 20.2 Å². The highest BCUT2D eigenvalue weighted by atomic mass is 32.2. The average molecular weight is 499 g/mol. The Balaban J connectivity index is 1.62. The third-order valence-electron chi connectivity index (χ3n) is 4.77. The highest BCUT2D eigenvalue weighted by molar-refractivity contribution is 8.15. The first-order valence-electron chi connectivity index (χ1n) is 10.7. The molecule has 3 amide bonds. The minimum atomic E-state index is -1.04. The molecule has 2 aromatic carbocycles. The fourth-order valence-corrected chi connectivity index (χ4v) is 4.06. The van der Waals surface area contributed by atoms with Gasteiger partial charge in [0.2, 0.25) is 5.91 Å². The summed E-state index contributed by atoms with van der Waals surface area (Å²) in [5, 5.41) is 4.03. The Labute approximate surface area is 207 Å². The van der Waals surface area contributed by atoms with E-state index in [-0.39, 0.29) is 16.7 Å². The lowest BCUT2D eigenvalue weighted by atomic mass is 10.1. The van der Waals surface area contributed by atoms with Crippen molar-refractivity contribution in [1.82, 2.24) is 10.6 Å². The Morgan fingerprint density at radius 1 is 1.09 bits per heavy atom. The molecule has 35 heavy (non-hydrogen) atoms. The molecule has 1 aliphatic heterocycles. The summed E-state index contributed by atoms with van der Waals surface area (Å²) in [7, 11) is 1.36. The van der Waals surface area contributed by atoms with E-state index < -0.39 is 23.2 Å². The number of methoxy groups -OCH3 is 1. The minimum absolute atomic E-state index is 0.0987. The van der Waals surface area contributed by atoms with Crippen LogP contribution in [0.25, 0.3) is 5.57 Å². The smallest absolute Gasteiger partial charge is 0.409 e. The fourth-order valence-electron chi connectivity index (χ4n) is 3.20. The summed E-state index contributed by atoms with van der Waals surface area (Å²) in [6.07, 6.45) is -1.33. The van der Waals surface area contributed by atoms with Gasteiger partial charge in [-0.15, -0.1) is 0 Å². The van der Waals surface area contributed by atoms with Crippen LogP contribution in [0.3, 0.4) is 0 Å². The van der Waals surface area contributed by atoms with Gasteiger partial charge in [0.25, 0.3) is 5.24 Å². The molecule has 0 radical (unpaired) electrons.